The standard InChI is InChI=1S/C20H24N2O2/c1-16-7-5-6-10-19(16)24-15-20(23)21-18-11-12-22(14-18)13-17-8-3-2-4-9-17/h2-10,18H,11-15H2,1H3,(H,21,23). The summed E-state index contributed by atoms with van der Waals surface area (Å²) >= 11 is 0. The van der Waals surface area contributed by atoms with Crippen molar-refractivity contribution in [2.75, 3.05) is 19.7 Å². The van der Waals surface area contributed by atoms with E-state index in [1.54, 1.807) is 0 Å². The fourth-order valence-electron chi connectivity index (χ4n) is 3.07. The molecule has 0 radical (unpaired) electrons. The molecule has 1 fully saturated rings. The molecule has 4 heteroatoms. The Bertz CT molecular complexity index is 672. The summed E-state index contributed by atoms with van der Waals surface area (Å²) in [5.41, 5.74) is 2.35. The first kappa shape index (κ1) is 16.5. The number of hydrogen-bond acceptors (Lipinski definition) is 3. The van der Waals surface area contributed by atoms with Crippen molar-refractivity contribution in [1.29, 1.82) is 0 Å². The van der Waals surface area contributed by atoms with Crippen LogP contribution in [0.3, 0.4) is 0 Å². The van der Waals surface area contributed by atoms with Gasteiger partial charge in [0, 0.05) is 25.7 Å². The lowest BCUT2D eigenvalue weighted by molar-refractivity contribution is -0.123. The maximum Gasteiger partial charge on any atom is 0.258 e. The molecule has 4 nitrogen and oxygen atoms in total. The van der Waals surface area contributed by atoms with Crippen LogP contribution in [0.2, 0.25) is 0 Å². The molecule has 3 rings (SSSR count). The number of benzene rings is 2. The second kappa shape index (κ2) is 7.97. The number of aryl methyl sites for hydroxylation is 1. The molecule has 1 amide bonds. The molecule has 1 unspecified atom stereocenters. The Kier molecular flexibility index (Phi) is 5.49. The molecular weight excluding hydrogens is 300 g/mol. The molecular formula is C20H24N2O2. The Balaban J connectivity index is 1.42. The van der Waals surface area contributed by atoms with E-state index in [2.05, 4.69) is 34.5 Å². The molecule has 126 valence electrons. The highest BCUT2D eigenvalue weighted by Gasteiger charge is 2.23. The van der Waals surface area contributed by atoms with Gasteiger partial charge in [-0.05, 0) is 30.5 Å². The summed E-state index contributed by atoms with van der Waals surface area (Å²) in [7, 11) is 0. The molecule has 1 N–H and O–H groups in total. The van der Waals surface area contributed by atoms with E-state index in [9.17, 15) is 4.79 Å². The first-order valence-corrected chi connectivity index (χ1v) is 8.45. The van der Waals surface area contributed by atoms with Gasteiger partial charge in [0.1, 0.15) is 5.75 Å². The van der Waals surface area contributed by atoms with Crippen LogP contribution in [0.4, 0.5) is 0 Å². The van der Waals surface area contributed by atoms with Crippen LogP contribution in [-0.4, -0.2) is 36.5 Å². The number of nitrogens with zero attached hydrogens (tertiary/aromatic N) is 1. The van der Waals surface area contributed by atoms with Gasteiger partial charge in [0.25, 0.3) is 5.91 Å². The summed E-state index contributed by atoms with van der Waals surface area (Å²) < 4.78 is 5.61. The average molecular weight is 324 g/mol. The van der Waals surface area contributed by atoms with Gasteiger partial charge in [-0.15, -0.1) is 0 Å². The highest BCUT2D eigenvalue weighted by molar-refractivity contribution is 5.78. The fourth-order valence-corrected chi connectivity index (χ4v) is 3.07. The molecule has 1 heterocycles. The number of hydrogen-bond donors (Lipinski definition) is 1. The maximum absolute atomic E-state index is 12.1. The van der Waals surface area contributed by atoms with Crippen molar-refractivity contribution in [3.8, 4) is 5.75 Å². The van der Waals surface area contributed by atoms with Gasteiger partial charge in [-0.3, -0.25) is 9.69 Å². The topological polar surface area (TPSA) is 41.6 Å². The smallest absolute Gasteiger partial charge is 0.258 e. The number of amides is 1. The summed E-state index contributed by atoms with van der Waals surface area (Å²) in [6, 6.07) is 18.4. The number of rotatable bonds is 6. The van der Waals surface area contributed by atoms with Crippen molar-refractivity contribution in [2.24, 2.45) is 0 Å². The number of carbonyl (C=O) groups is 1. The van der Waals surface area contributed by atoms with Crippen LogP contribution in [0.25, 0.3) is 0 Å². The monoisotopic (exact) mass is 324 g/mol. The lowest BCUT2D eigenvalue weighted by Gasteiger charge is -2.17. The van der Waals surface area contributed by atoms with Crippen molar-refractivity contribution in [2.45, 2.75) is 25.9 Å². The lowest BCUT2D eigenvalue weighted by Crippen LogP contribution is -2.39. The molecule has 0 saturated carbocycles. The molecule has 1 atom stereocenters. The third kappa shape index (κ3) is 4.59. The zero-order valence-corrected chi connectivity index (χ0v) is 14.1. The van der Waals surface area contributed by atoms with Gasteiger partial charge in [-0.1, -0.05) is 48.5 Å². The van der Waals surface area contributed by atoms with Crippen molar-refractivity contribution in [3.63, 3.8) is 0 Å². The molecule has 1 saturated heterocycles. The second-order valence-corrected chi connectivity index (χ2v) is 6.33. The number of ether oxygens (including phenoxy) is 1. The molecule has 0 spiro atoms. The van der Waals surface area contributed by atoms with Crippen molar-refractivity contribution in [1.82, 2.24) is 10.2 Å². The summed E-state index contributed by atoms with van der Waals surface area (Å²) in [5.74, 6) is 0.717. The van der Waals surface area contributed by atoms with Gasteiger partial charge in [-0.2, -0.15) is 0 Å². The first-order valence-electron chi connectivity index (χ1n) is 8.45. The van der Waals surface area contributed by atoms with Crippen molar-refractivity contribution < 1.29 is 9.53 Å². The van der Waals surface area contributed by atoms with E-state index in [-0.39, 0.29) is 18.6 Å². The second-order valence-electron chi connectivity index (χ2n) is 6.33. The molecule has 2 aromatic carbocycles. The first-order chi connectivity index (χ1) is 11.7. The Morgan fingerprint density at radius 2 is 1.92 bits per heavy atom. The normalized spacial score (nSPS) is 17.6. The van der Waals surface area contributed by atoms with Gasteiger partial charge >= 0.3 is 0 Å². The van der Waals surface area contributed by atoms with Crippen LogP contribution in [0.1, 0.15) is 17.5 Å². The van der Waals surface area contributed by atoms with Crippen LogP contribution >= 0.6 is 0 Å². The van der Waals surface area contributed by atoms with E-state index in [1.807, 2.05) is 37.3 Å². The van der Waals surface area contributed by atoms with Gasteiger partial charge < -0.3 is 10.1 Å². The molecule has 24 heavy (non-hydrogen) atoms. The van der Waals surface area contributed by atoms with Gasteiger partial charge in [-0.25, -0.2) is 0 Å². The quantitative estimate of drug-likeness (QED) is 0.888. The van der Waals surface area contributed by atoms with E-state index in [4.69, 9.17) is 4.74 Å². The fraction of sp³-hybridized carbons (Fsp3) is 0.350. The average Bonchev–Trinajstić information content (AvgIpc) is 3.02. The van der Waals surface area contributed by atoms with Crippen LogP contribution in [0, 0.1) is 6.92 Å². The number of para-hydroxylation sites is 1. The summed E-state index contributed by atoms with van der Waals surface area (Å²) in [4.78, 5) is 14.5. The number of carbonyl (C=O) groups excluding carboxylic acids is 1. The number of likely N-dealkylation sites (tertiary alicyclic amines) is 1. The molecule has 1 aliphatic heterocycles. The minimum absolute atomic E-state index is 0.0511. The van der Waals surface area contributed by atoms with Crippen LogP contribution in [0.15, 0.2) is 54.6 Å². The van der Waals surface area contributed by atoms with Crippen molar-refractivity contribution >= 4 is 5.91 Å². The van der Waals surface area contributed by atoms with Gasteiger partial charge in [0.2, 0.25) is 0 Å². The minimum atomic E-state index is -0.0511. The zero-order chi connectivity index (χ0) is 16.8. The van der Waals surface area contributed by atoms with Gasteiger partial charge in [0.05, 0.1) is 0 Å². The van der Waals surface area contributed by atoms with E-state index in [1.165, 1.54) is 5.56 Å². The van der Waals surface area contributed by atoms with Crippen LogP contribution in [0.5, 0.6) is 5.75 Å². The summed E-state index contributed by atoms with van der Waals surface area (Å²) in [5, 5.41) is 3.08. The van der Waals surface area contributed by atoms with E-state index in [0.29, 0.717) is 0 Å². The number of nitrogens with one attached hydrogen (secondary N) is 1. The zero-order valence-electron chi connectivity index (χ0n) is 14.1. The van der Waals surface area contributed by atoms with E-state index >= 15 is 0 Å². The molecule has 2 aromatic rings. The van der Waals surface area contributed by atoms with E-state index < -0.39 is 0 Å². The van der Waals surface area contributed by atoms with Gasteiger partial charge in [0.15, 0.2) is 6.61 Å². The summed E-state index contributed by atoms with van der Waals surface area (Å²) in [6.45, 7) is 4.89. The largest absolute Gasteiger partial charge is 0.484 e. The summed E-state index contributed by atoms with van der Waals surface area (Å²) in [6.07, 6.45) is 0.989. The highest BCUT2D eigenvalue weighted by atomic mass is 16.5. The molecule has 0 bridgehead atoms. The molecule has 1 aliphatic rings. The molecule has 0 aliphatic carbocycles. The Labute approximate surface area is 143 Å². The predicted octanol–water partition coefficient (Wildman–Crippen LogP) is 2.76. The third-order valence-corrected chi connectivity index (χ3v) is 4.34. The highest BCUT2D eigenvalue weighted by Crippen LogP contribution is 2.16. The van der Waals surface area contributed by atoms with Crippen molar-refractivity contribution in [3.05, 3.63) is 65.7 Å². The Morgan fingerprint density at radius 3 is 2.71 bits per heavy atom. The lowest BCUT2D eigenvalue weighted by atomic mass is 10.2. The van der Waals surface area contributed by atoms with E-state index in [0.717, 1.165) is 37.4 Å². The maximum atomic E-state index is 12.1. The SMILES string of the molecule is Cc1ccccc1OCC(=O)NC1CCN(Cc2ccccc2)C1. The Morgan fingerprint density at radius 1 is 1.17 bits per heavy atom. The Hall–Kier alpha value is -2.33. The molecule has 0 aromatic heterocycles. The predicted molar refractivity (Wildman–Crippen MR) is 94.9 cm³/mol. The van der Waals surface area contributed by atoms with Crippen LogP contribution < -0.4 is 10.1 Å². The van der Waals surface area contributed by atoms with Crippen LogP contribution in [-0.2, 0) is 11.3 Å². The third-order valence-electron chi connectivity index (χ3n) is 4.34. The minimum Gasteiger partial charge on any atom is -0.484 e.